The number of halogens is 4. The van der Waals surface area contributed by atoms with E-state index in [0.29, 0.717) is 0 Å². The Kier molecular flexibility index (Phi) is 4.28. The molecular weight excluding hydrogens is 291 g/mol. The molecule has 0 aliphatic heterocycles. The average molecular weight is 298 g/mol. The minimum atomic E-state index is -2.88. The molecule has 1 heterocycles. The van der Waals surface area contributed by atoms with Crippen molar-refractivity contribution in [2.75, 3.05) is 7.11 Å². The van der Waals surface area contributed by atoms with Crippen LogP contribution in [0.25, 0.3) is 0 Å². The van der Waals surface area contributed by atoms with Gasteiger partial charge in [0.05, 0.1) is 13.5 Å². The lowest BCUT2D eigenvalue weighted by Crippen LogP contribution is -2.10. The molecular formula is C9H7BrF3NO2. The molecule has 0 atom stereocenters. The van der Waals surface area contributed by atoms with Crippen LogP contribution in [0.3, 0.4) is 0 Å². The fraction of sp³-hybridized carbons (Fsp3) is 0.333. The fourth-order valence-electron chi connectivity index (χ4n) is 1.11. The zero-order valence-corrected chi connectivity index (χ0v) is 9.72. The minimum absolute atomic E-state index is 0.0473. The van der Waals surface area contributed by atoms with Gasteiger partial charge in [-0.3, -0.25) is 4.79 Å². The van der Waals surface area contributed by atoms with E-state index in [9.17, 15) is 18.0 Å². The van der Waals surface area contributed by atoms with Crippen LogP contribution in [0.15, 0.2) is 10.7 Å². The molecule has 3 nitrogen and oxygen atoms in total. The Labute approximate surface area is 97.8 Å². The molecule has 0 amide bonds. The maximum Gasteiger partial charge on any atom is 0.310 e. The molecule has 1 aromatic heterocycles. The standard InChI is InChI=1S/C9H7BrF3NO2/c1-16-7(15)3-5-4(8(11)12)2-6(10)14-9(5)13/h2,8H,3H2,1H3. The van der Waals surface area contributed by atoms with Crippen molar-refractivity contribution in [1.29, 1.82) is 0 Å². The molecule has 0 radical (unpaired) electrons. The van der Waals surface area contributed by atoms with E-state index in [1.165, 1.54) is 0 Å². The van der Waals surface area contributed by atoms with E-state index in [1.807, 2.05) is 0 Å². The van der Waals surface area contributed by atoms with Gasteiger partial charge >= 0.3 is 5.97 Å². The Morgan fingerprint density at radius 3 is 2.75 bits per heavy atom. The van der Waals surface area contributed by atoms with Crippen LogP contribution in [0.2, 0.25) is 0 Å². The SMILES string of the molecule is COC(=O)Cc1c(C(F)F)cc(Br)nc1F. The first-order chi connectivity index (χ1) is 7.45. The van der Waals surface area contributed by atoms with Gasteiger partial charge < -0.3 is 4.74 Å². The molecule has 0 spiro atoms. The van der Waals surface area contributed by atoms with E-state index < -0.39 is 35.9 Å². The van der Waals surface area contributed by atoms with Crippen LogP contribution in [0.1, 0.15) is 17.6 Å². The summed E-state index contributed by atoms with van der Waals surface area (Å²) in [4.78, 5) is 14.2. The van der Waals surface area contributed by atoms with Crippen molar-refractivity contribution in [3.05, 3.63) is 27.7 Å². The summed E-state index contributed by atoms with van der Waals surface area (Å²) in [6.07, 6.45) is -3.45. The maximum atomic E-state index is 13.3. The van der Waals surface area contributed by atoms with Crippen molar-refractivity contribution < 1.29 is 22.7 Å². The molecule has 88 valence electrons. The van der Waals surface area contributed by atoms with Crippen LogP contribution in [0.4, 0.5) is 13.2 Å². The normalized spacial score (nSPS) is 10.6. The topological polar surface area (TPSA) is 39.2 Å². The Morgan fingerprint density at radius 2 is 2.25 bits per heavy atom. The Balaban J connectivity index is 3.19. The molecule has 1 aromatic rings. The number of alkyl halides is 2. The van der Waals surface area contributed by atoms with Gasteiger partial charge in [0.25, 0.3) is 6.43 Å². The van der Waals surface area contributed by atoms with Gasteiger partial charge in [0.15, 0.2) is 0 Å². The second kappa shape index (κ2) is 5.29. The molecule has 0 fully saturated rings. The monoisotopic (exact) mass is 297 g/mol. The third-order valence-electron chi connectivity index (χ3n) is 1.86. The third kappa shape index (κ3) is 2.94. The van der Waals surface area contributed by atoms with Crippen molar-refractivity contribution in [3.8, 4) is 0 Å². The molecule has 0 saturated carbocycles. The summed E-state index contributed by atoms with van der Waals surface area (Å²) in [5, 5.41) is 0. The molecule has 0 aliphatic carbocycles. The predicted octanol–water partition coefficient (Wildman–Crippen LogP) is 2.64. The highest BCUT2D eigenvalue weighted by Gasteiger charge is 2.21. The lowest BCUT2D eigenvalue weighted by atomic mass is 10.1. The summed E-state index contributed by atoms with van der Waals surface area (Å²) in [6, 6.07) is 0.978. The summed E-state index contributed by atoms with van der Waals surface area (Å²) in [6.45, 7) is 0. The van der Waals surface area contributed by atoms with Gasteiger partial charge in [0, 0.05) is 11.1 Å². The van der Waals surface area contributed by atoms with Crippen molar-refractivity contribution >= 4 is 21.9 Å². The number of ether oxygens (including phenoxy) is 1. The third-order valence-corrected chi connectivity index (χ3v) is 2.27. The van der Waals surface area contributed by atoms with Crippen LogP contribution in [0, 0.1) is 5.95 Å². The van der Waals surface area contributed by atoms with Gasteiger partial charge in [0.2, 0.25) is 5.95 Å². The molecule has 16 heavy (non-hydrogen) atoms. The average Bonchev–Trinajstić information content (AvgIpc) is 2.20. The van der Waals surface area contributed by atoms with Crippen molar-refractivity contribution in [2.24, 2.45) is 0 Å². The number of pyridine rings is 1. The summed E-state index contributed by atoms with van der Waals surface area (Å²) in [5.41, 5.74) is -1.00. The van der Waals surface area contributed by atoms with Crippen molar-refractivity contribution in [3.63, 3.8) is 0 Å². The summed E-state index contributed by atoms with van der Waals surface area (Å²) in [7, 11) is 1.09. The number of carbonyl (C=O) groups excluding carboxylic acids is 1. The van der Waals surface area contributed by atoms with E-state index in [4.69, 9.17) is 0 Å². The Bertz CT molecular complexity index is 412. The van der Waals surface area contributed by atoms with Crippen LogP contribution in [0.5, 0.6) is 0 Å². The van der Waals surface area contributed by atoms with Gasteiger partial charge in [0.1, 0.15) is 4.60 Å². The molecule has 0 N–H and O–H groups in total. The highest BCUT2D eigenvalue weighted by atomic mass is 79.9. The first-order valence-corrected chi connectivity index (χ1v) is 4.94. The van der Waals surface area contributed by atoms with Crippen LogP contribution >= 0.6 is 15.9 Å². The van der Waals surface area contributed by atoms with E-state index >= 15 is 0 Å². The summed E-state index contributed by atoms with van der Waals surface area (Å²) in [5.74, 6) is -1.90. The van der Waals surface area contributed by atoms with Gasteiger partial charge in [-0.05, 0) is 22.0 Å². The predicted molar refractivity (Wildman–Crippen MR) is 52.6 cm³/mol. The first kappa shape index (κ1) is 13.0. The summed E-state index contributed by atoms with van der Waals surface area (Å²) < 4.78 is 42.7. The lowest BCUT2D eigenvalue weighted by Gasteiger charge is -2.08. The molecule has 1 rings (SSSR count). The molecule has 0 unspecified atom stereocenters. The molecule has 7 heteroatoms. The van der Waals surface area contributed by atoms with Crippen molar-refractivity contribution in [1.82, 2.24) is 4.98 Å². The highest BCUT2D eigenvalue weighted by Crippen LogP contribution is 2.27. The largest absolute Gasteiger partial charge is 0.469 e. The van der Waals surface area contributed by atoms with Gasteiger partial charge in [-0.1, -0.05) is 0 Å². The number of esters is 1. The number of hydrogen-bond acceptors (Lipinski definition) is 3. The van der Waals surface area contributed by atoms with E-state index in [-0.39, 0.29) is 4.60 Å². The zero-order chi connectivity index (χ0) is 12.3. The molecule has 0 aliphatic rings. The number of aromatic nitrogens is 1. The zero-order valence-electron chi connectivity index (χ0n) is 8.14. The number of methoxy groups -OCH3 is 1. The number of nitrogens with zero attached hydrogens (tertiary/aromatic N) is 1. The summed E-state index contributed by atoms with van der Waals surface area (Å²) >= 11 is 2.80. The number of carbonyl (C=O) groups is 1. The first-order valence-electron chi connectivity index (χ1n) is 4.15. The van der Waals surface area contributed by atoms with Gasteiger partial charge in [-0.2, -0.15) is 4.39 Å². The van der Waals surface area contributed by atoms with Gasteiger partial charge in [-0.25, -0.2) is 13.8 Å². The van der Waals surface area contributed by atoms with Crippen LogP contribution < -0.4 is 0 Å². The second-order valence-electron chi connectivity index (χ2n) is 2.86. The van der Waals surface area contributed by atoms with E-state index in [0.717, 1.165) is 13.2 Å². The Morgan fingerprint density at radius 1 is 1.62 bits per heavy atom. The van der Waals surface area contributed by atoms with Crippen LogP contribution in [-0.2, 0) is 16.0 Å². The van der Waals surface area contributed by atoms with Crippen LogP contribution in [-0.4, -0.2) is 18.1 Å². The fourth-order valence-corrected chi connectivity index (χ4v) is 1.52. The van der Waals surface area contributed by atoms with Gasteiger partial charge in [-0.15, -0.1) is 0 Å². The maximum absolute atomic E-state index is 13.3. The Hall–Kier alpha value is -1.11. The van der Waals surface area contributed by atoms with E-state index in [1.54, 1.807) is 0 Å². The smallest absolute Gasteiger partial charge is 0.310 e. The number of rotatable bonds is 3. The minimum Gasteiger partial charge on any atom is -0.469 e. The quantitative estimate of drug-likeness (QED) is 0.636. The molecule has 0 saturated heterocycles. The lowest BCUT2D eigenvalue weighted by molar-refractivity contribution is -0.139. The van der Waals surface area contributed by atoms with Crippen molar-refractivity contribution in [2.45, 2.75) is 12.8 Å². The highest BCUT2D eigenvalue weighted by molar-refractivity contribution is 9.10. The van der Waals surface area contributed by atoms with E-state index in [2.05, 4.69) is 25.7 Å². The second-order valence-corrected chi connectivity index (χ2v) is 3.67. The molecule has 0 bridgehead atoms. The molecule has 0 aromatic carbocycles. The number of hydrogen-bond donors (Lipinski definition) is 0.